The summed E-state index contributed by atoms with van der Waals surface area (Å²) in [6.45, 7) is 6.32. The van der Waals surface area contributed by atoms with E-state index in [1.54, 1.807) is 0 Å². The predicted molar refractivity (Wildman–Crippen MR) is 71.1 cm³/mol. The lowest BCUT2D eigenvalue weighted by Gasteiger charge is -2.16. The molecule has 0 N–H and O–H groups in total. The average Bonchev–Trinajstić information content (AvgIpc) is 2.86. The molecule has 0 atom stereocenters. The SMILES string of the molecule is CCOc1cc(Br)c(C2OCCO2)cc1OCC. The lowest BCUT2D eigenvalue weighted by molar-refractivity contribution is -0.0448. The van der Waals surface area contributed by atoms with E-state index in [1.165, 1.54) is 0 Å². The lowest BCUT2D eigenvalue weighted by atomic mass is 10.2. The van der Waals surface area contributed by atoms with Crippen molar-refractivity contribution in [2.45, 2.75) is 20.1 Å². The Morgan fingerprint density at radius 3 is 2.22 bits per heavy atom. The third-order valence-corrected chi connectivity index (χ3v) is 3.23. The molecule has 1 aliphatic heterocycles. The molecule has 1 fully saturated rings. The molecular weight excluding hydrogens is 300 g/mol. The van der Waals surface area contributed by atoms with E-state index < -0.39 is 0 Å². The van der Waals surface area contributed by atoms with Crippen LogP contribution in [0.15, 0.2) is 16.6 Å². The molecule has 0 aliphatic carbocycles. The number of rotatable bonds is 5. The average molecular weight is 317 g/mol. The Balaban J connectivity index is 2.32. The molecule has 1 heterocycles. The Morgan fingerprint density at radius 1 is 1.11 bits per heavy atom. The zero-order valence-corrected chi connectivity index (χ0v) is 12.2. The molecule has 1 saturated heterocycles. The van der Waals surface area contributed by atoms with Crippen molar-refractivity contribution in [1.29, 1.82) is 0 Å². The van der Waals surface area contributed by atoms with Gasteiger partial charge in [-0.3, -0.25) is 0 Å². The van der Waals surface area contributed by atoms with Crippen molar-refractivity contribution in [3.05, 3.63) is 22.2 Å². The van der Waals surface area contributed by atoms with Crippen molar-refractivity contribution in [1.82, 2.24) is 0 Å². The highest BCUT2D eigenvalue weighted by molar-refractivity contribution is 9.10. The van der Waals surface area contributed by atoms with E-state index in [-0.39, 0.29) is 6.29 Å². The van der Waals surface area contributed by atoms with E-state index in [0.717, 1.165) is 21.5 Å². The molecule has 100 valence electrons. The summed E-state index contributed by atoms with van der Waals surface area (Å²) in [5.74, 6) is 1.45. The second-order valence-corrected chi connectivity index (χ2v) is 4.61. The quantitative estimate of drug-likeness (QED) is 0.835. The Bertz CT molecular complexity index is 402. The van der Waals surface area contributed by atoms with E-state index in [9.17, 15) is 0 Å². The van der Waals surface area contributed by atoms with Gasteiger partial charge in [0.05, 0.1) is 26.4 Å². The molecule has 0 saturated carbocycles. The van der Waals surface area contributed by atoms with Crippen LogP contribution >= 0.6 is 15.9 Å². The lowest BCUT2D eigenvalue weighted by Crippen LogP contribution is -2.03. The van der Waals surface area contributed by atoms with Gasteiger partial charge in [0, 0.05) is 10.0 Å². The largest absolute Gasteiger partial charge is 0.490 e. The van der Waals surface area contributed by atoms with Gasteiger partial charge in [-0.25, -0.2) is 0 Å². The molecule has 0 aromatic heterocycles. The first-order valence-electron chi connectivity index (χ1n) is 6.08. The number of ether oxygens (including phenoxy) is 4. The monoisotopic (exact) mass is 316 g/mol. The van der Waals surface area contributed by atoms with Crippen molar-refractivity contribution >= 4 is 15.9 Å². The summed E-state index contributed by atoms with van der Waals surface area (Å²) in [5, 5.41) is 0. The number of halogens is 1. The van der Waals surface area contributed by atoms with Crippen LogP contribution in [0.1, 0.15) is 25.7 Å². The molecule has 1 aromatic rings. The summed E-state index contributed by atoms with van der Waals surface area (Å²) >= 11 is 3.52. The zero-order chi connectivity index (χ0) is 13.0. The van der Waals surface area contributed by atoms with Gasteiger partial charge in [0.2, 0.25) is 0 Å². The number of hydrogen-bond acceptors (Lipinski definition) is 4. The third-order valence-electron chi connectivity index (χ3n) is 2.54. The van der Waals surface area contributed by atoms with Gasteiger partial charge in [-0.1, -0.05) is 15.9 Å². The Labute approximate surface area is 115 Å². The molecule has 0 spiro atoms. The summed E-state index contributed by atoms with van der Waals surface area (Å²) in [5.41, 5.74) is 0.930. The highest BCUT2D eigenvalue weighted by Gasteiger charge is 2.23. The summed E-state index contributed by atoms with van der Waals surface area (Å²) in [4.78, 5) is 0. The van der Waals surface area contributed by atoms with Crippen LogP contribution in [0.4, 0.5) is 0 Å². The first-order chi connectivity index (χ1) is 8.76. The van der Waals surface area contributed by atoms with Gasteiger partial charge in [-0.15, -0.1) is 0 Å². The molecule has 1 aromatic carbocycles. The van der Waals surface area contributed by atoms with Gasteiger partial charge in [-0.2, -0.15) is 0 Å². The Morgan fingerprint density at radius 2 is 1.67 bits per heavy atom. The third kappa shape index (κ3) is 2.96. The van der Waals surface area contributed by atoms with Crippen LogP contribution < -0.4 is 9.47 Å². The highest BCUT2D eigenvalue weighted by atomic mass is 79.9. The van der Waals surface area contributed by atoms with E-state index in [4.69, 9.17) is 18.9 Å². The second kappa shape index (κ2) is 6.41. The number of hydrogen-bond donors (Lipinski definition) is 0. The summed E-state index contributed by atoms with van der Waals surface area (Å²) in [7, 11) is 0. The predicted octanol–water partition coefficient (Wildman–Crippen LogP) is 3.29. The maximum atomic E-state index is 5.59. The summed E-state index contributed by atoms with van der Waals surface area (Å²) in [6.07, 6.45) is -0.325. The minimum absolute atomic E-state index is 0.325. The molecule has 2 rings (SSSR count). The maximum Gasteiger partial charge on any atom is 0.185 e. The summed E-state index contributed by atoms with van der Waals surface area (Å²) < 4.78 is 23.1. The van der Waals surface area contributed by atoms with Crippen LogP contribution in [-0.4, -0.2) is 26.4 Å². The topological polar surface area (TPSA) is 36.9 Å². The highest BCUT2D eigenvalue weighted by Crippen LogP contribution is 2.38. The van der Waals surface area contributed by atoms with Gasteiger partial charge in [0.15, 0.2) is 17.8 Å². The molecule has 0 unspecified atom stereocenters. The van der Waals surface area contributed by atoms with Crippen LogP contribution in [0.25, 0.3) is 0 Å². The maximum absolute atomic E-state index is 5.59. The Hall–Kier alpha value is -0.780. The molecule has 18 heavy (non-hydrogen) atoms. The van der Waals surface area contributed by atoms with Gasteiger partial charge in [0.25, 0.3) is 0 Å². The van der Waals surface area contributed by atoms with Crippen molar-refractivity contribution in [2.75, 3.05) is 26.4 Å². The van der Waals surface area contributed by atoms with Crippen molar-refractivity contribution < 1.29 is 18.9 Å². The summed E-state index contributed by atoms with van der Waals surface area (Å²) in [6, 6.07) is 3.81. The first-order valence-corrected chi connectivity index (χ1v) is 6.87. The van der Waals surface area contributed by atoms with E-state index in [0.29, 0.717) is 26.4 Å². The van der Waals surface area contributed by atoms with Crippen LogP contribution in [0.3, 0.4) is 0 Å². The molecular formula is C13H17BrO4. The molecule has 1 aliphatic rings. The van der Waals surface area contributed by atoms with Crippen molar-refractivity contribution in [3.63, 3.8) is 0 Å². The van der Waals surface area contributed by atoms with E-state index in [2.05, 4.69) is 15.9 Å². The van der Waals surface area contributed by atoms with Crippen LogP contribution in [0.2, 0.25) is 0 Å². The molecule has 0 amide bonds. The zero-order valence-electron chi connectivity index (χ0n) is 10.6. The van der Waals surface area contributed by atoms with Crippen molar-refractivity contribution in [2.24, 2.45) is 0 Å². The molecule has 4 nitrogen and oxygen atoms in total. The van der Waals surface area contributed by atoms with Crippen LogP contribution in [-0.2, 0) is 9.47 Å². The van der Waals surface area contributed by atoms with Gasteiger partial charge < -0.3 is 18.9 Å². The smallest absolute Gasteiger partial charge is 0.185 e. The minimum Gasteiger partial charge on any atom is -0.490 e. The molecule has 0 bridgehead atoms. The molecule has 0 radical (unpaired) electrons. The van der Waals surface area contributed by atoms with E-state index in [1.807, 2.05) is 26.0 Å². The fourth-order valence-electron chi connectivity index (χ4n) is 1.81. The number of benzene rings is 1. The van der Waals surface area contributed by atoms with Gasteiger partial charge >= 0.3 is 0 Å². The van der Waals surface area contributed by atoms with Gasteiger partial charge in [0.1, 0.15) is 0 Å². The molecule has 5 heteroatoms. The fraction of sp³-hybridized carbons (Fsp3) is 0.538. The first kappa shape index (κ1) is 13.6. The van der Waals surface area contributed by atoms with E-state index >= 15 is 0 Å². The normalized spacial score (nSPS) is 15.9. The van der Waals surface area contributed by atoms with Crippen molar-refractivity contribution in [3.8, 4) is 11.5 Å². The fourth-order valence-corrected chi connectivity index (χ4v) is 2.32. The van der Waals surface area contributed by atoms with Crippen LogP contribution in [0.5, 0.6) is 11.5 Å². The Kier molecular flexibility index (Phi) is 4.86. The second-order valence-electron chi connectivity index (χ2n) is 3.76. The minimum atomic E-state index is -0.325. The van der Waals surface area contributed by atoms with Crippen LogP contribution in [0, 0.1) is 0 Å². The van der Waals surface area contributed by atoms with Gasteiger partial charge in [-0.05, 0) is 26.0 Å². The standard InChI is InChI=1S/C13H17BrO4/c1-3-15-11-7-9(13-17-5-6-18-13)10(14)8-12(11)16-4-2/h7-8,13H,3-6H2,1-2H3.